The highest BCUT2D eigenvalue weighted by Gasteiger charge is 2.22. The minimum absolute atomic E-state index is 0.446. The van der Waals surface area contributed by atoms with Crippen molar-refractivity contribution in [3.63, 3.8) is 0 Å². The van der Waals surface area contributed by atoms with Crippen molar-refractivity contribution >= 4 is 23.5 Å². The lowest BCUT2D eigenvalue weighted by Gasteiger charge is -2.34. The van der Waals surface area contributed by atoms with Gasteiger partial charge in [-0.3, -0.25) is 4.90 Å². The maximum atomic E-state index is 6.35. The summed E-state index contributed by atoms with van der Waals surface area (Å²) >= 11 is 6.35. The van der Waals surface area contributed by atoms with Crippen LogP contribution in [0.2, 0.25) is 0 Å². The fourth-order valence-corrected chi connectivity index (χ4v) is 6.35. The Morgan fingerprint density at radius 2 is 1.74 bits per heavy atom. The van der Waals surface area contributed by atoms with Gasteiger partial charge in [-0.2, -0.15) is 0 Å². The van der Waals surface area contributed by atoms with Gasteiger partial charge in [-0.15, -0.1) is 0 Å². The van der Waals surface area contributed by atoms with Gasteiger partial charge in [-0.05, 0) is 86.1 Å². The normalized spacial score (nSPS) is 21.3. The molecule has 4 aliphatic rings. The van der Waals surface area contributed by atoms with Gasteiger partial charge in [0.15, 0.2) is 0 Å². The number of benzene rings is 1. The Kier molecular flexibility index (Phi) is 9.77. The summed E-state index contributed by atoms with van der Waals surface area (Å²) in [5.41, 5.74) is 10.8. The van der Waals surface area contributed by atoms with Gasteiger partial charge in [0.25, 0.3) is 0 Å². The highest BCUT2D eigenvalue weighted by atomic mass is 35.5. The third kappa shape index (κ3) is 7.62. The van der Waals surface area contributed by atoms with Gasteiger partial charge in [0.1, 0.15) is 5.82 Å². The number of hydrogen-bond acceptors (Lipinski definition) is 5. The highest BCUT2D eigenvalue weighted by Crippen LogP contribution is 2.29. The van der Waals surface area contributed by atoms with Crippen LogP contribution in [0.5, 0.6) is 0 Å². The lowest BCUT2D eigenvalue weighted by molar-refractivity contribution is 0.195. The molecular weight excluding hydrogens is 490 g/mol. The molecule has 0 aromatic heterocycles. The second kappa shape index (κ2) is 13.6. The minimum atomic E-state index is 0.446. The molecule has 204 valence electrons. The summed E-state index contributed by atoms with van der Waals surface area (Å²) in [6.07, 6.45) is 21.1. The molecular formula is C32H44ClN5. The number of anilines is 1. The number of nitrogens with two attached hydrogens (primary N) is 1. The van der Waals surface area contributed by atoms with Crippen LogP contribution in [0.4, 0.5) is 5.69 Å². The standard InChI is InChI=1S/C32H44ClN5/c33-29-8-5-26-11-17-35-32(28(22-26)23-29)36-30-14-18-37(19-15-30)24-27-6-9-31(10-7-27)38-20-12-25(13-21-38)4-2-1-3-16-34/h5-11,17,23,25,30H,1-4,12-16,18-22,24,34H2,(H,35,36). The molecule has 0 radical (unpaired) electrons. The first-order valence-electron chi connectivity index (χ1n) is 14.7. The van der Waals surface area contributed by atoms with Crippen molar-refractivity contribution in [2.75, 3.05) is 37.6 Å². The topological polar surface area (TPSA) is 56.9 Å². The number of hydrogen-bond donors (Lipinski definition) is 2. The third-order valence-corrected chi connectivity index (χ3v) is 8.76. The Bertz CT molecular complexity index is 1070. The Labute approximate surface area is 234 Å². The number of halogens is 1. The second-order valence-electron chi connectivity index (χ2n) is 11.4. The quantitative estimate of drug-likeness (QED) is 0.347. The van der Waals surface area contributed by atoms with Gasteiger partial charge in [0.05, 0.1) is 0 Å². The molecule has 38 heavy (non-hydrogen) atoms. The molecule has 3 heterocycles. The summed E-state index contributed by atoms with van der Waals surface area (Å²) in [6, 6.07) is 9.80. The van der Waals surface area contributed by atoms with E-state index in [1.165, 1.54) is 74.0 Å². The van der Waals surface area contributed by atoms with E-state index >= 15 is 0 Å². The molecule has 2 bridgehead atoms. The second-order valence-corrected chi connectivity index (χ2v) is 11.8. The number of piperidine rings is 2. The van der Waals surface area contributed by atoms with Crippen molar-refractivity contribution in [3.05, 3.63) is 76.1 Å². The highest BCUT2D eigenvalue weighted by molar-refractivity contribution is 6.31. The maximum absolute atomic E-state index is 6.35. The number of allylic oxidation sites excluding steroid dienone is 7. The van der Waals surface area contributed by atoms with E-state index in [0.717, 1.165) is 62.2 Å². The molecule has 1 aliphatic carbocycles. The van der Waals surface area contributed by atoms with E-state index in [-0.39, 0.29) is 0 Å². The zero-order valence-corrected chi connectivity index (χ0v) is 23.5. The maximum Gasteiger partial charge on any atom is 0.129 e. The zero-order valence-electron chi connectivity index (χ0n) is 22.8. The van der Waals surface area contributed by atoms with E-state index < -0.39 is 0 Å². The Balaban J connectivity index is 1.06. The van der Waals surface area contributed by atoms with Gasteiger partial charge in [0.2, 0.25) is 0 Å². The molecule has 2 saturated heterocycles. The molecule has 1 aromatic carbocycles. The zero-order chi connectivity index (χ0) is 26.2. The van der Waals surface area contributed by atoms with Crippen LogP contribution in [0.25, 0.3) is 0 Å². The average molecular weight is 534 g/mol. The van der Waals surface area contributed by atoms with E-state index in [1.807, 2.05) is 12.3 Å². The number of rotatable bonds is 10. The summed E-state index contributed by atoms with van der Waals surface area (Å²) in [5.74, 6) is 1.88. The SMILES string of the molecule is NCCCCCC1CCN(c2ccc(CN3CCC(NC4=C5C=C(Cl)C=CC(=CC=N4)C5)CC3)cc2)CC1. The molecule has 6 heteroatoms. The average Bonchev–Trinajstić information content (AvgIpc) is 3.25. The van der Waals surface area contributed by atoms with Crippen molar-refractivity contribution in [2.45, 2.75) is 70.4 Å². The molecule has 5 rings (SSSR count). The molecule has 0 saturated carbocycles. The number of nitrogens with one attached hydrogen (secondary N) is 1. The van der Waals surface area contributed by atoms with Crippen LogP contribution in [-0.2, 0) is 6.54 Å². The van der Waals surface area contributed by atoms with Crippen molar-refractivity contribution < 1.29 is 0 Å². The van der Waals surface area contributed by atoms with Crippen molar-refractivity contribution in [2.24, 2.45) is 16.6 Å². The van der Waals surface area contributed by atoms with Gasteiger partial charge in [0, 0.05) is 67.7 Å². The minimum Gasteiger partial charge on any atom is -0.372 e. The predicted molar refractivity (Wildman–Crippen MR) is 162 cm³/mol. The molecule has 5 nitrogen and oxygen atoms in total. The first-order chi connectivity index (χ1) is 18.7. The van der Waals surface area contributed by atoms with Crippen LogP contribution in [-0.4, -0.2) is 49.9 Å². The smallest absolute Gasteiger partial charge is 0.129 e. The largest absolute Gasteiger partial charge is 0.372 e. The first-order valence-corrected chi connectivity index (χ1v) is 15.1. The molecule has 3 aliphatic heterocycles. The predicted octanol–water partition coefficient (Wildman–Crippen LogP) is 6.28. The van der Waals surface area contributed by atoms with Crippen LogP contribution in [0.15, 0.2) is 75.6 Å². The van der Waals surface area contributed by atoms with E-state index in [2.05, 4.69) is 57.6 Å². The van der Waals surface area contributed by atoms with Crippen LogP contribution in [0.1, 0.15) is 63.4 Å². The lowest BCUT2D eigenvalue weighted by atomic mass is 9.91. The van der Waals surface area contributed by atoms with Gasteiger partial charge >= 0.3 is 0 Å². The molecule has 0 amide bonds. The summed E-state index contributed by atoms with van der Waals surface area (Å²) in [4.78, 5) is 9.87. The molecule has 0 unspecified atom stereocenters. The molecule has 2 fully saturated rings. The summed E-state index contributed by atoms with van der Waals surface area (Å²) in [7, 11) is 0. The van der Waals surface area contributed by atoms with E-state index in [4.69, 9.17) is 22.3 Å². The molecule has 0 spiro atoms. The summed E-state index contributed by atoms with van der Waals surface area (Å²) < 4.78 is 0. The van der Waals surface area contributed by atoms with Crippen LogP contribution < -0.4 is 16.0 Å². The number of unbranched alkanes of at least 4 members (excludes halogenated alkanes) is 2. The van der Waals surface area contributed by atoms with Gasteiger partial charge in [-0.1, -0.05) is 49.1 Å². The Morgan fingerprint density at radius 1 is 0.947 bits per heavy atom. The van der Waals surface area contributed by atoms with E-state index in [0.29, 0.717) is 6.04 Å². The molecule has 3 N–H and O–H groups in total. The third-order valence-electron chi connectivity index (χ3n) is 8.53. The number of fused-ring (bicyclic) bond motifs is 2. The molecule has 1 aromatic rings. The van der Waals surface area contributed by atoms with E-state index in [9.17, 15) is 0 Å². The fourth-order valence-electron chi connectivity index (χ4n) is 6.15. The summed E-state index contributed by atoms with van der Waals surface area (Å²) in [6.45, 7) is 6.46. The van der Waals surface area contributed by atoms with Gasteiger partial charge < -0.3 is 16.0 Å². The number of nitrogens with zero attached hydrogens (tertiary/aromatic N) is 3. The molecule has 0 atom stereocenters. The van der Waals surface area contributed by atoms with Crippen LogP contribution in [0.3, 0.4) is 0 Å². The van der Waals surface area contributed by atoms with Crippen molar-refractivity contribution in [1.82, 2.24) is 10.2 Å². The van der Waals surface area contributed by atoms with Gasteiger partial charge in [-0.25, -0.2) is 4.99 Å². The Hall–Kier alpha value is -2.34. The van der Waals surface area contributed by atoms with E-state index in [1.54, 1.807) is 0 Å². The van der Waals surface area contributed by atoms with Crippen molar-refractivity contribution in [1.29, 1.82) is 0 Å². The fraction of sp³-hybridized carbons (Fsp3) is 0.531. The van der Waals surface area contributed by atoms with Crippen LogP contribution in [0, 0.1) is 5.92 Å². The summed E-state index contributed by atoms with van der Waals surface area (Å²) in [5, 5.41) is 4.49. The number of likely N-dealkylation sites (tertiary alicyclic amines) is 1. The van der Waals surface area contributed by atoms with Crippen LogP contribution >= 0.6 is 11.6 Å². The van der Waals surface area contributed by atoms with Crippen molar-refractivity contribution in [3.8, 4) is 0 Å². The number of aliphatic imine (C=N–C) groups is 1. The monoisotopic (exact) mass is 533 g/mol. The lowest BCUT2D eigenvalue weighted by Crippen LogP contribution is -2.41. The Morgan fingerprint density at radius 3 is 2.50 bits per heavy atom. The first kappa shape index (κ1) is 27.2.